The lowest BCUT2D eigenvalue weighted by Crippen LogP contribution is -2.54. The summed E-state index contributed by atoms with van der Waals surface area (Å²) in [6.45, 7) is 2.67. The number of hydrogen-bond acceptors (Lipinski definition) is 4. The van der Waals surface area contributed by atoms with Gasteiger partial charge in [-0.05, 0) is 0 Å². The number of carbonyl (C=O) groups is 1. The number of nitrogens with one attached hydrogen (secondary N) is 1. The molecule has 2 heterocycles. The number of amides is 1. The van der Waals surface area contributed by atoms with E-state index in [1.54, 1.807) is 6.34 Å². The lowest BCUT2D eigenvalue weighted by atomic mass is 10.1. The van der Waals surface area contributed by atoms with E-state index in [-0.39, 0.29) is 18.0 Å². The molecule has 2 atom stereocenters. The highest BCUT2D eigenvalue weighted by Gasteiger charge is 2.35. The summed E-state index contributed by atoms with van der Waals surface area (Å²) in [5.74, 6) is -0.331. The topological polar surface area (TPSA) is 70.7 Å². The fraction of sp³-hybridized carbons (Fsp3) is 0.714. The Labute approximate surface area is 70.6 Å². The van der Waals surface area contributed by atoms with Crippen molar-refractivity contribution in [3.8, 4) is 0 Å². The Morgan fingerprint density at radius 2 is 2.58 bits per heavy atom. The molecule has 0 aliphatic carbocycles. The van der Waals surface area contributed by atoms with Crippen molar-refractivity contribution in [3.05, 3.63) is 0 Å². The molecule has 5 heteroatoms. The second-order valence-corrected chi connectivity index (χ2v) is 3.12. The fourth-order valence-electron chi connectivity index (χ4n) is 1.70. The van der Waals surface area contributed by atoms with Gasteiger partial charge in [0.15, 0.2) is 6.04 Å². The zero-order valence-electron chi connectivity index (χ0n) is 6.73. The van der Waals surface area contributed by atoms with Crippen molar-refractivity contribution in [1.82, 2.24) is 10.2 Å². The van der Waals surface area contributed by atoms with Crippen molar-refractivity contribution >= 4 is 12.2 Å². The molecule has 1 amide bonds. The molecule has 0 aromatic heterocycles. The molecular formula is C7H12N4O. The predicted octanol–water partition coefficient (Wildman–Crippen LogP) is -1.84. The second kappa shape index (κ2) is 2.75. The van der Waals surface area contributed by atoms with E-state index in [1.165, 1.54) is 0 Å². The van der Waals surface area contributed by atoms with Crippen molar-refractivity contribution in [2.75, 3.05) is 19.6 Å². The van der Waals surface area contributed by atoms with Gasteiger partial charge < -0.3 is 16.0 Å². The van der Waals surface area contributed by atoms with Crippen LogP contribution in [0.1, 0.15) is 0 Å². The third kappa shape index (κ3) is 1.06. The minimum absolute atomic E-state index is 0.149. The number of aliphatic imine (C=N–C) groups is 1. The quantitative estimate of drug-likeness (QED) is 0.483. The molecule has 0 bridgehead atoms. The van der Waals surface area contributed by atoms with Crippen LogP contribution < -0.4 is 11.1 Å². The summed E-state index contributed by atoms with van der Waals surface area (Å²) in [4.78, 5) is 17.1. The van der Waals surface area contributed by atoms with Gasteiger partial charge in [0.1, 0.15) is 0 Å². The van der Waals surface area contributed by atoms with E-state index in [2.05, 4.69) is 15.2 Å². The van der Waals surface area contributed by atoms with Gasteiger partial charge in [0.05, 0.1) is 12.4 Å². The summed E-state index contributed by atoms with van der Waals surface area (Å²) < 4.78 is 0. The molecule has 0 aromatic carbocycles. The summed E-state index contributed by atoms with van der Waals surface area (Å²) in [6.07, 6.45) is 1.74. The number of hydrogen-bond donors (Lipinski definition) is 2. The van der Waals surface area contributed by atoms with Gasteiger partial charge in [-0.25, -0.2) is 0 Å². The van der Waals surface area contributed by atoms with Crippen LogP contribution in [0.5, 0.6) is 0 Å². The molecule has 2 aliphatic heterocycles. The van der Waals surface area contributed by atoms with Gasteiger partial charge in [-0.3, -0.25) is 9.79 Å². The van der Waals surface area contributed by atoms with Crippen molar-refractivity contribution < 1.29 is 4.79 Å². The zero-order chi connectivity index (χ0) is 8.55. The van der Waals surface area contributed by atoms with E-state index in [4.69, 9.17) is 5.73 Å². The molecular weight excluding hydrogens is 156 g/mol. The van der Waals surface area contributed by atoms with Crippen LogP contribution in [0.2, 0.25) is 0 Å². The van der Waals surface area contributed by atoms with E-state index in [0.717, 1.165) is 19.6 Å². The van der Waals surface area contributed by atoms with Crippen LogP contribution in [0, 0.1) is 0 Å². The van der Waals surface area contributed by atoms with Crippen LogP contribution in [-0.4, -0.2) is 48.9 Å². The van der Waals surface area contributed by atoms with Gasteiger partial charge in [-0.1, -0.05) is 0 Å². The average Bonchev–Trinajstić information content (AvgIpc) is 2.47. The molecule has 1 fully saturated rings. The van der Waals surface area contributed by atoms with Crippen molar-refractivity contribution in [3.63, 3.8) is 0 Å². The maximum absolute atomic E-state index is 10.9. The van der Waals surface area contributed by atoms with Crippen LogP contribution in [-0.2, 0) is 4.79 Å². The molecule has 2 aliphatic rings. The molecule has 2 rings (SSSR count). The number of nitrogens with two attached hydrogens (primary N) is 1. The molecule has 12 heavy (non-hydrogen) atoms. The minimum atomic E-state index is -0.349. The summed E-state index contributed by atoms with van der Waals surface area (Å²) in [6, 6.07) is -0.200. The van der Waals surface area contributed by atoms with Gasteiger partial charge in [0, 0.05) is 19.6 Å². The highest BCUT2D eigenvalue weighted by molar-refractivity contribution is 5.84. The molecule has 3 N–H and O–H groups in total. The van der Waals surface area contributed by atoms with Crippen LogP contribution in [0.4, 0.5) is 0 Å². The van der Waals surface area contributed by atoms with Crippen LogP contribution in [0.25, 0.3) is 0 Å². The van der Waals surface area contributed by atoms with Crippen molar-refractivity contribution in [2.45, 2.75) is 12.1 Å². The van der Waals surface area contributed by atoms with Gasteiger partial charge in [0.25, 0.3) is 0 Å². The Balaban J connectivity index is 2.10. The van der Waals surface area contributed by atoms with Crippen molar-refractivity contribution in [1.29, 1.82) is 0 Å². The van der Waals surface area contributed by atoms with Gasteiger partial charge in [0.2, 0.25) is 5.91 Å². The van der Waals surface area contributed by atoms with Gasteiger partial charge >= 0.3 is 0 Å². The Hall–Kier alpha value is -1.10. The first kappa shape index (κ1) is 7.54. The number of fused-ring (bicyclic) bond motifs is 1. The summed E-state index contributed by atoms with van der Waals surface area (Å²) >= 11 is 0. The summed E-state index contributed by atoms with van der Waals surface area (Å²) in [5.41, 5.74) is 5.20. The molecule has 0 spiro atoms. The third-order valence-corrected chi connectivity index (χ3v) is 2.36. The number of nitrogens with zero attached hydrogens (tertiary/aromatic N) is 2. The normalized spacial score (nSPS) is 33.5. The van der Waals surface area contributed by atoms with E-state index < -0.39 is 0 Å². The maximum atomic E-state index is 10.9. The lowest BCUT2D eigenvalue weighted by Gasteiger charge is -2.31. The van der Waals surface area contributed by atoms with E-state index in [9.17, 15) is 4.79 Å². The van der Waals surface area contributed by atoms with Gasteiger partial charge in [-0.2, -0.15) is 0 Å². The third-order valence-electron chi connectivity index (χ3n) is 2.36. The summed E-state index contributed by atoms with van der Waals surface area (Å²) in [7, 11) is 0. The molecule has 2 unspecified atom stereocenters. The summed E-state index contributed by atoms with van der Waals surface area (Å²) in [5, 5.41) is 3.21. The Morgan fingerprint density at radius 3 is 3.33 bits per heavy atom. The first-order valence-electron chi connectivity index (χ1n) is 4.08. The van der Waals surface area contributed by atoms with E-state index >= 15 is 0 Å². The van der Waals surface area contributed by atoms with E-state index in [0.29, 0.717) is 0 Å². The molecule has 5 nitrogen and oxygen atoms in total. The molecule has 0 saturated carbocycles. The largest absolute Gasteiger partial charge is 0.368 e. The standard InChI is InChI=1S/C7H12N4O/c8-7(12)6-5-3-9-1-2-11(5)4-10-6/h4-6,9H,1-3H2,(H2,8,12). The SMILES string of the molecule is NC(=O)C1N=CN2CCNCC12. The Kier molecular flexibility index (Phi) is 1.73. The fourth-order valence-corrected chi connectivity index (χ4v) is 1.70. The first-order valence-corrected chi connectivity index (χ1v) is 4.08. The number of rotatable bonds is 1. The molecule has 1 saturated heterocycles. The predicted molar refractivity (Wildman–Crippen MR) is 44.8 cm³/mol. The molecule has 0 radical (unpaired) electrons. The average molecular weight is 168 g/mol. The van der Waals surface area contributed by atoms with Crippen LogP contribution in [0.3, 0.4) is 0 Å². The lowest BCUT2D eigenvalue weighted by molar-refractivity contribution is -0.120. The number of piperazine rings is 1. The van der Waals surface area contributed by atoms with Gasteiger partial charge in [-0.15, -0.1) is 0 Å². The highest BCUT2D eigenvalue weighted by atomic mass is 16.1. The minimum Gasteiger partial charge on any atom is -0.368 e. The second-order valence-electron chi connectivity index (χ2n) is 3.12. The number of primary amides is 1. The first-order chi connectivity index (χ1) is 5.79. The van der Waals surface area contributed by atoms with Crippen LogP contribution >= 0.6 is 0 Å². The molecule has 0 aromatic rings. The Morgan fingerprint density at radius 1 is 1.75 bits per heavy atom. The molecule has 66 valence electrons. The smallest absolute Gasteiger partial charge is 0.244 e. The van der Waals surface area contributed by atoms with E-state index in [1.807, 2.05) is 0 Å². The zero-order valence-corrected chi connectivity index (χ0v) is 6.73. The van der Waals surface area contributed by atoms with Crippen molar-refractivity contribution in [2.24, 2.45) is 10.7 Å². The maximum Gasteiger partial charge on any atom is 0.244 e. The highest BCUT2D eigenvalue weighted by Crippen LogP contribution is 2.14. The monoisotopic (exact) mass is 168 g/mol. The van der Waals surface area contributed by atoms with Crippen LogP contribution in [0.15, 0.2) is 4.99 Å². The number of carbonyl (C=O) groups excluding carboxylic acids is 1. The Bertz CT molecular complexity index is 227.